The number of para-hydroxylation sites is 1. The molecule has 0 aliphatic carbocycles. The van der Waals surface area contributed by atoms with Crippen LogP contribution < -0.4 is 9.47 Å². The van der Waals surface area contributed by atoms with E-state index in [0.29, 0.717) is 11.3 Å². The molecule has 1 heterocycles. The molecule has 7 nitrogen and oxygen atoms in total. The summed E-state index contributed by atoms with van der Waals surface area (Å²) < 4.78 is 16.4. The van der Waals surface area contributed by atoms with Gasteiger partial charge in [-0.15, -0.1) is 0 Å². The Kier molecular flexibility index (Phi) is 7.89. The van der Waals surface area contributed by atoms with Crippen molar-refractivity contribution in [2.75, 3.05) is 27.4 Å². The lowest BCUT2D eigenvalue weighted by Crippen LogP contribution is -2.33. The quantitative estimate of drug-likeness (QED) is 0.321. The Morgan fingerprint density at radius 2 is 1.85 bits per heavy atom. The summed E-state index contributed by atoms with van der Waals surface area (Å²) >= 11 is 12.4. The number of benzene rings is 2. The van der Waals surface area contributed by atoms with E-state index in [2.05, 4.69) is 0 Å². The van der Waals surface area contributed by atoms with E-state index in [1.807, 2.05) is 13.8 Å². The van der Waals surface area contributed by atoms with Crippen LogP contribution in [0.2, 0.25) is 10.0 Å². The lowest BCUT2D eigenvalue weighted by Gasteiger charge is -2.27. The molecule has 3 rings (SSSR count). The maximum Gasteiger partial charge on any atom is 0.295 e. The van der Waals surface area contributed by atoms with Crippen molar-refractivity contribution in [1.82, 2.24) is 4.90 Å². The van der Waals surface area contributed by atoms with E-state index in [4.69, 9.17) is 37.4 Å². The van der Waals surface area contributed by atoms with Crippen LogP contribution in [0.3, 0.4) is 0 Å². The van der Waals surface area contributed by atoms with Crippen LogP contribution in [0.15, 0.2) is 42.0 Å². The third kappa shape index (κ3) is 4.95. The highest BCUT2D eigenvalue weighted by Gasteiger charge is 2.47. The average molecular weight is 494 g/mol. The van der Waals surface area contributed by atoms with Crippen molar-refractivity contribution in [3.05, 3.63) is 63.1 Å². The average Bonchev–Trinajstić information content (AvgIpc) is 3.01. The molecule has 1 saturated heterocycles. The molecule has 1 fully saturated rings. The Hall–Kier alpha value is -2.74. The second-order valence-corrected chi connectivity index (χ2v) is 8.50. The van der Waals surface area contributed by atoms with E-state index in [-0.39, 0.29) is 46.2 Å². The second-order valence-electron chi connectivity index (χ2n) is 7.66. The molecule has 1 amide bonds. The molecule has 1 aliphatic heterocycles. The first-order valence-electron chi connectivity index (χ1n) is 10.3. The van der Waals surface area contributed by atoms with E-state index in [1.54, 1.807) is 24.3 Å². The van der Waals surface area contributed by atoms with Gasteiger partial charge in [0.1, 0.15) is 17.3 Å². The van der Waals surface area contributed by atoms with Crippen LogP contribution in [0.1, 0.15) is 31.0 Å². The highest BCUT2D eigenvalue weighted by Crippen LogP contribution is 2.45. The van der Waals surface area contributed by atoms with Gasteiger partial charge in [0, 0.05) is 24.2 Å². The van der Waals surface area contributed by atoms with Crippen molar-refractivity contribution >= 4 is 40.7 Å². The number of aliphatic hydroxyl groups excluding tert-OH is 1. The Bertz CT molecular complexity index is 1100. The van der Waals surface area contributed by atoms with Gasteiger partial charge in [0.25, 0.3) is 11.7 Å². The molecule has 2 aromatic rings. The minimum atomic E-state index is -0.919. The van der Waals surface area contributed by atoms with Gasteiger partial charge >= 0.3 is 0 Å². The number of methoxy groups -OCH3 is 2. The van der Waals surface area contributed by atoms with Crippen LogP contribution in [0.4, 0.5) is 0 Å². The number of hydrogen-bond donors (Lipinski definition) is 1. The first kappa shape index (κ1) is 24.9. The van der Waals surface area contributed by atoms with Gasteiger partial charge in [-0.3, -0.25) is 9.59 Å². The molecule has 1 aliphatic rings. The fraction of sp³-hybridized carbons (Fsp3) is 0.333. The van der Waals surface area contributed by atoms with Gasteiger partial charge in [0.05, 0.1) is 42.0 Å². The number of amides is 1. The Balaban J connectivity index is 2.30. The number of likely N-dealkylation sites (tertiary alicyclic amines) is 1. The molecule has 33 heavy (non-hydrogen) atoms. The van der Waals surface area contributed by atoms with E-state index < -0.39 is 23.5 Å². The monoisotopic (exact) mass is 493 g/mol. The van der Waals surface area contributed by atoms with Gasteiger partial charge < -0.3 is 24.2 Å². The summed E-state index contributed by atoms with van der Waals surface area (Å²) in [6.07, 6.45) is -0.153. The molecule has 0 saturated carbocycles. The molecule has 2 aromatic carbocycles. The molecule has 0 aromatic heterocycles. The summed E-state index contributed by atoms with van der Waals surface area (Å²) in [5, 5.41) is 11.7. The zero-order valence-corrected chi connectivity index (χ0v) is 20.2. The predicted molar refractivity (Wildman–Crippen MR) is 126 cm³/mol. The molecule has 0 bridgehead atoms. The third-order valence-corrected chi connectivity index (χ3v) is 5.62. The van der Waals surface area contributed by atoms with Crippen LogP contribution in [0.5, 0.6) is 11.5 Å². The minimum Gasteiger partial charge on any atom is -0.507 e. The van der Waals surface area contributed by atoms with E-state index in [1.165, 1.54) is 31.3 Å². The van der Waals surface area contributed by atoms with Crippen LogP contribution in [-0.2, 0) is 14.3 Å². The molecule has 0 radical (unpaired) electrons. The van der Waals surface area contributed by atoms with E-state index >= 15 is 0 Å². The van der Waals surface area contributed by atoms with Crippen molar-refractivity contribution in [2.24, 2.45) is 0 Å². The molecule has 1 unspecified atom stereocenters. The summed E-state index contributed by atoms with van der Waals surface area (Å²) in [5.74, 6) is -1.43. The van der Waals surface area contributed by atoms with Crippen LogP contribution >= 0.6 is 23.2 Å². The van der Waals surface area contributed by atoms with Gasteiger partial charge in [0.15, 0.2) is 0 Å². The highest BCUT2D eigenvalue weighted by molar-refractivity contribution is 6.47. The summed E-state index contributed by atoms with van der Waals surface area (Å²) in [7, 11) is 2.88. The number of ketones is 1. The van der Waals surface area contributed by atoms with Gasteiger partial charge in [-0.05, 0) is 32.0 Å². The van der Waals surface area contributed by atoms with Crippen molar-refractivity contribution in [2.45, 2.75) is 26.0 Å². The second kappa shape index (κ2) is 10.5. The molecule has 0 spiro atoms. The molecule has 1 N–H and O–H groups in total. The number of rotatable bonds is 8. The van der Waals surface area contributed by atoms with Crippen molar-refractivity contribution in [3.8, 4) is 11.5 Å². The Morgan fingerprint density at radius 1 is 1.15 bits per heavy atom. The van der Waals surface area contributed by atoms with E-state index in [0.717, 1.165) is 0 Å². The van der Waals surface area contributed by atoms with Crippen LogP contribution in [0.25, 0.3) is 5.76 Å². The van der Waals surface area contributed by atoms with Crippen molar-refractivity contribution in [1.29, 1.82) is 0 Å². The van der Waals surface area contributed by atoms with Crippen molar-refractivity contribution < 1.29 is 28.9 Å². The van der Waals surface area contributed by atoms with Gasteiger partial charge in [0.2, 0.25) is 0 Å². The minimum absolute atomic E-state index is 0.104. The summed E-state index contributed by atoms with van der Waals surface area (Å²) in [5.41, 5.74) is 0.537. The fourth-order valence-electron chi connectivity index (χ4n) is 3.78. The summed E-state index contributed by atoms with van der Waals surface area (Å²) in [6.45, 7) is 4.07. The number of nitrogens with zero attached hydrogens (tertiary/aromatic N) is 1. The first-order valence-corrected chi connectivity index (χ1v) is 11.0. The lowest BCUT2D eigenvalue weighted by molar-refractivity contribution is -0.140. The number of hydrogen-bond acceptors (Lipinski definition) is 6. The number of carbonyl (C=O) groups is 2. The third-order valence-electron chi connectivity index (χ3n) is 5.12. The highest BCUT2D eigenvalue weighted by atomic mass is 35.5. The fourth-order valence-corrected chi connectivity index (χ4v) is 4.35. The molecule has 1 atom stereocenters. The van der Waals surface area contributed by atoms with Crippen LogP contribution in [0, 0.1) is 0 Å². The first-order chi connectivity index (χ1) is 15.7. The normalized spacial score (nSPS) is 17.7. The molecular formula is C24H25Cl2NO6. The van der Waals surface area contributed by atoms with Gasteiger partial charge in [-0.2, -0.15) is 0 Å². The topological polar surface area (TPSA) is 85.3 Å². The molecular weight excluding hydrogens is 469 g/mol. The Morgan fingerprint density at radius 3 is 2.48 bits per heavy atom. The van der Waals surface area contributed by atoms with Crippen LogP contribution in [-0.4, -0.2) is 55.2 Å². The number of halogens is 2. The number of aliphatic hydroxyl groups is 1. The van der Waals surface area contributed by atoms with Crippen molar-refractivity contribution in [3.63, 3.8) is 0 Å². The molecule has 9 heteroatoms. The summed E-state index contributed by atoms with van der Waals surface area (Å²) in [4.78, 5) is 27.6. The van der Waals surface area contributed by atoms with Gasteiger partial charge in [-0.25, -0.2) is 0 Å². The zero-order chi connectivity index (χ0) is 24.3. The van der Waals surface area contributed by atoms with Gasteiger partial charge in [-0.1, -0.05) is 41.4 Å². The van der Waals surface area contributed by atoms with E-state index in [9.17, 15) is 14.7 Å². The molecule has 176 valence electrons. The SMILES string of the molecule is COCCN1C(=O)C(=O)/C(=C(/O)c2cc(Cl)cc(Cl)c2OC)C1c1ccccc1OC(C)C. The smallest absolute Gasteiger partial charge is 0.295 e. The maximum atomic E-state index is 13.2. The number of ether oxygens (including phenoxy) is 3. The lowest BCUT2D eigenvalue weighted by atomic mass is 9.94. The summed E-state index contributed by atoms with van der Waals surface area (Å²) in [6, 6.07) is 9.04. The standard InChI is InChI=1S/C24H25Cl2NO6/c1-13(2)33-18-8-6-5-7-15(18)20-19(22(29)24(30)27(20)9-10-31-3)21(28)16-11-14(25)12-17(26)23(16)32-4/h5-8,11-13,20,28H,9-10H2,1-4H3/b21-19+. The number of Topliss-reactive ketones (excluding diaryl/α,β-unsaturated/α-hetero) is 1. The zero-order valence-electron chi connectivity index (χ0n) is 18.7. The maximum absolute atomic E-state index is 13.2. The number of carbonyl (C=O) groups excluding carboxylic acids is 2. The Labute approximate surface area is 202 Å². The largest absolute Gasteiger partial charge is 0.507 e. The predicted octanol–water partition coefficient (Wildman–Crippen LogP) is 4.86.